The molecule has 32 heavy (non-hydrogen) atoms. The molecule has 0 saturated carbocycles. The molecule has 2 aromatic rings. The monoisotopic (exact) mass is 450 g/mol. The summed E-state index contributed by atoms with van der Waals surface area (Å²) in [6.07, 6.45) is 3.56. The number of hydrogen-bond acceptors (Lipinski definition) is 3. The molecule has 1 N–H and O–H groups in total. The summed E-state index contributed by atoms with van der Waals surface area (Å²) < 4.78 is 0. The molecule has 0 aromatic heterocycles. The first kappa shape index (κ1) is 22.9. The van der Waals surface area contributed by atoms with E-state index in [1.54, 1.807) is 5.57 Å². The Morgan fingerprint density at radius 2 is 1.75 bits per heavy atom. The zero-order chi connectivity index (χ0) is 22.9. The molecule has 0 radical (unpaired) electrons. The van der Waals surface area contributed by atoms with Crippen molar-refractivity contribution in [3.8, 4) is 0 Å². The van der Waals surface area contributed by atoms with Gasteiger partial charge in [-0.3, -0.25) is 4.90 Å². The van der Waals surface area contributed by atoms with Gasteiger partial charge in [-0.15, -0.1) is 0 Å². The maximum atomic E-state index is 9.72. The number of piperazine rings is 1. The molecule has 1 aliphatic heterocycles. The van der Waals surface area contributed by atoms with Gasteiger partial charge in [0.15, 0.2) is 0 Å². The molecule has 0 spiro atoms. The van der Waals surface area contributed by atoms with E-state index in [1.807, 2.05) is 25.1 Å². The molecule has 0 bridgehead atoms. The second-order valence-electron chi connectivity index (χ2n) is 10.1. The van der Waals surface area contributed by atoms with Crippen LogP contribution in [0.4, 0.5) is 5.69 Å². The third-order valence-electron chi connectivity index (χ3n) is 7.05. The molecule has 4 rings (SSSR count). The maximum Gasteiger partial charge on any atom is 0.115 e. The molecule has 1 aliphatic carbocycles. The standard InChI is InChI=1S/C28H35ClN2O/c1-20-17-25(9-10-26(20)21(2)32)31-15-13-30(14-16-31)19-23-11-12-28(3,4)18-27(23)22-5-7-24(29)8-6-22/h5-10,17,32H,2,11-16,18-19H2,1,3-4H3. The Hall–Kier alpha value is -2.23. The molecule has 1 fully saturated rings. The predicted octanol–water partition coefficient (Wildman–Crippen LogP) is 6.96. The zero-order valence-corrected chi connectivity index (χ0v) is 20.4. The van der Waals surface area contributed by atoms with Gasteiger partial charge in [-0.1, -0.05) is 49.7 Å². The van der Waals surface area contributed by atoms with E-state index < -0.39 is 0 Å². The summed E-state index contributed by atoms with van der Waals surface area (Å²) in [4.78, 5) is 5.06. The highest BCUT2D eigenvalue weighted by Gasteiger charge is 2.29. The van der Waals surface area contributed by atoms with Crippen LogP contribution in [-0.2, 0) is 0 Å². The van der Waals surface area contributed by atoms with Crippen LogP contribution in [0.1, 0.15) is 49.8 Å². The molecule has 3 nitrogen and oxygen atoms in total. The molecule has 0 amide bonds. The average Bonchev–Trinajstić information content (AvgIpc) is 2.75. The highest BCUT2D eigenvalue weighted by atomic mass is 35.5. The van der Waals surface area contributed by atoms with Crippen molar-refractivity contribution < 1.29 is 5.11 Å². The molecular weight excluding hydrogens is 416 g/mol. The summed E-state index contributed by atoms with van der Waals surface area (Å²) in [5, 5.41) is 10.5. The summed E-state index contributed by atoms with van der Waals surface area (Å²) in [6.45, 7) is 15.7. The molecule has 1 saturated heterocycles. The third kappa shape index (κ3) is 5.22. The number of benzene rings is 2. The number of anilines is 1. The Morgan fingerprint density at radius 1 is 1.06 bits per heavy atom. The highest BCUT2D eigenvalue weighted by Crippen LogP contribution is 2.43. The Kier molecular flexibility index (Phi) is 6.69. The zero-order valence-electron chi connectivity index (χ0n) is 19.6. The van der Waals surface area contributed by atoms with Gasteiger partial charge in [0, 0.05) is 49.0 Å². The lowest BCUT2D eigenvalue weighted by molar-refractivity contribution is 0.264. The smallest absolute Gasteiger partial charge is 0.115 e. The van der Waals surface area contributed by atoms with Gasteiger partial charge in [-0.2, -0.15) is 0 Å². The molecule has 2 aliphatic rings. The van der Waals surface area contributed by atoms with Crippen molar-refractivity contribution in [2.24, 2.45) is 5.41 Å². The average molecular weight is 451 g/mol. The highest BCUT2D eigenvalue weighted by molar-refractivity contribution is 6.30. The van der Waals surface area contributed by atoms with Crippen LogP contribution in [0.3, 0.4) is 0 Å². The summed E-state index contributed by atoms with van der Waals surface area (Å²) in [6, 6.07) is 14.6. The third-order valence-corrected chi connectivity index (χ3v) is 7.30. The van der Waals surface area contributed by atoms with Crippen molar-refractivity contribution in [1.82, 2.24) is 4.90 Å². The molecule has 4 heteroatoms. The van der Waals surface area contributed by atoms with Crippen LogP contribution >= 0.6 is 11.6 Å². The molecule has 0 atom stereocenters. The van der Waals surface area contributed by atoms with Crippen molar-refractivity contribution in [3.05, 3.63) is 76.3 Å². The number of aliphatic hydroxyl groups excluding tert-OH is 1. The van der Waals surface area contributed by atoms with Gasteiger partial charge in [0.25, 0.3) is 0 Å². The predicted molar refractivity (Wildman–Crippen MR) is 137 cm³/mol. The molecule has 0 unspecified atom stereocenters. The second-order valence-corrected chi connectivity index (χ2v) is 10.6. The van der Waals surface area contributed by atoms with E-state index in [-0.39, 0.29) is 5.76 Å². The fourth-order valence-electron chi connectivity index (χ4n) is 5.07. The van der Waals surface area contributed by atoms with E-state index in [0.29, 0.717) is 5.41 Å². The van der Waals surface area contributed by atoms with Crippen molar-refractivity contribution in [2.45, 2.75) is 40.0 Å². The van der Waals surface area contributed by atoms with Gasteiger partial charge < -0.3 is 10.0 Å². The SMILES string of the molecule is C=C(O)c1ccc(N2CCN(CC3=C(c4ccc(Cl)cc4)CC(C)(C)CC3)CC2)cc1C. The van der Waals surface area contributed by atoms with Gasteiger partial charge in [0.1, 0.15) is 5.76 Å². The number of aliphatic hydroxyl groups is 1. The Bertz CT molecular complexity index is 1010. The molecular formula is C28H35ClN2O. The van der Waals surface area contributed by atoms with Crippen molar-refractivity contribution in [2.75, 3.05) is 37.6 Å². The lowest BCUT2D eigenvalue weighted by atomic mass is 9.72. The minimum atomic E-state index is 0.138. The van der Waals surface area contributed by atoms with Crippen LogP contribution in [0.25, 0.3) is 11.3 Å². The van der Waals surface area contributed by atoms with Crippen LogP contribution in [0, 0.1) is 12.3 Å². The summed E-state index contributed by atoms with van der Waals surface area (Å²) in [7, 11) is 0. The summed E-state index contributed by atoms with van der Waals surface area (Å²) in [5.41, 5.74) is 7.93. The van der Waals surface area contributed by atoms with Gasteiger partial charge >= 0.3 is 0 Å². The Balaban J connectivity index is 1.46. The Labute approximate surface area is 198 Å². The molecule has 1 heterocycles. The number of hydrogen-bond donors (Lipinski definition) is 1. The first-order valence-electron chi connectivity index (χ1n) is 11.6. The fourth-order valence-corrected chi connectivity index (χ4v) is 5.19. The first-order chi connectivity index (χ1) is 15.2. The Morgan fingerprint density at radius 3 is 2.38 bits per heavy atom. The maximum absolute atomic E-state index is 9.72. The number of aryl methyl sites for hydroxylation is 1. The van der Waals surface area contributed by atoms with Gasteiger partial charge in [0.05, 0.1) is 0 Å². The fraction of sp³-hybridized carbons (Fsp3) is 0.429. The largest absolute Gasteiger partial charge is 0.508 e. The summed E-state index contributed by atoms with van der Waals surface area (Å²) >= 11 is 6.15. The first-order valence-corrected chi connectivity index (χ1v) is 12.0. The topological polar surface area (TPSA) is 26.7 Å². The second kappa shape index (κ2) is 9.33. The van der Waals surface area contributed by atoms with Crippen molar-refractivity contribution in [3.63, 3.8) is 0 Å². The quantitative estimate of drug-likeness (QED) is 0.498. The minimum absolute atomic E-state index is 0.138. The van der Waals surface area contributed by atoms with Gasteiger partial charge in [-0.25, -0.2) is 0 Å². The lowest BCUT2D eigenvalue weighted by Crippen LogP contribution is -2.47. The van der Waals surface area contributed by atoms with Crippen LogP contribution in [0.5, 0.6) is 0 Å². The van der Waals surface area contributed by atoms with E-state index in [9.17, 15) is 5.11 Å². The van der Waals surface area contributed by atoms with E-state index in [0.717, 1.165) is 55.3 Å². The van der Waals surface area contributed by atoms with E-state index in [1.165, 1.54) is 29.7 Å². The number of nitrogens with zero attached hydrogens (tertiary/aromatic N) is 2. The van der Waals surface area contributed by atoms with E-state index >= 15 is 0 Å². The number of halogens is 1. The number of allylic oxidation sites excluding steroid dienone is 1. The van der Waals surface area contributed by atoms with Gasteiger partial charge in [0.2, 0.25) is 0 Å². The van der Waals surface area contributed by atoms with E-state index in [2.05, 4.69) is 54.5 Å². The van der Waals surface area contributed by atoms with Crippen LogP contribution < -0.4 is 4.90 Å². The van der Waals surface area contributed by atoms with Crippen LogP contribution in [-0.4, -0.2) is 42.7 Å². The number of rotatable bonds is 5. The van der Waals surface area contributed by atoms with Crippen LogP contribution in [0.15, 0.2) is 54.6 Å². The molecule has 170 valence electrons. The minimum Gasteiger partial charge on any atom is -0.508 e. The lowest BCUT2D eigenvalue weighted by Gasteiger charge is -2.39. The van der Waals surface area contributed by atoms with Crippen molar-refractivity contribution in [1.29, 1.82) is 0 Å². The van der Waals surface area contributed by atoms with Crippen LogP contribution in [0.2, 0.25) is 5.02 Å². The van der Waals surface area contributed by atoms with Gasteiger partial charge in [-0.05, 0) is 78.6 Å². The normalized spacial score (nSPS) is 19.3. The molecule has 2 aromatic carbocycles. The van der Waals surface area contributed by atoms with E-state index in [4.69, 9.17) is 11.6 Å². The van der Waals surface area contributed by atoms with Crippen molar-refractivity contribution >= 4 is 28.6 Å². The summed E-state index contributed by atoms with van der Waals surface area (Å²) in [5.74, 6) is 0.138.